The molecule has 0 aliphatic heterocycles. The van der Waals surface area contributed by atoms with Crippen LogP contribution in [0.15, 0.2) is 48.7 Å². The Morgan fingerprint density at radius 2 is 1.85 bits per heavy atom. The lowest BCUT2D eigenvalue weighted by Gasteiger charge is -2.15. The zero-order valence-electron chi connectivity index (χ0n) is 15.9. The summed E-state index contributed by atoms with van der Waals surface area (Å²) in [6.45, 7) is 4.86. The van der Waals surface area contributed by atoms with Gasteiger partial charge >= 0.3 is 0 Å². The monoisotopic (exact) mass is 364 g/mol. The summed E-state index contributed by atoms with van der Waals surface area (Å²) in [5.74, 6) is -0.435. The van der Waals surface area contributed by atoms with E-state index >= 15 is 0 Å². The zero-order chi connectivity index (χ0) is 19.4. The maximum absolute atomic E-state index is 12.8. The number of H-pyrrole nitrogens is 1. The number of ether oxygens (including phenoxy) is 1. The molecule has 0 atom stereocenters. The quantitative estimate of drug-likeness (QED) is 0.507. The van der Waals surface area contributed by atoms with Gasteiger partial charge < -0.3 is 14.6 Å². The summed E-state index contributed by atoms with van der Waals surface area (Å²) >= 11 is 0. The van der Waals surface area contributed by atoms with Gasteiger partial charge in [0.05, 0.1) is 16.5 Å². The highest BCUT2D eigenvalue weighted by Crippen LogP contribution is 2.32. The minimum Gasteiger partial charge on any atom is -0.488 e. The molecule has 2 aromatic carbocycles. The van der Waals surface area contributed by atoms with E-state index in [-0.39, 0.29) is 0 Å². The third kappa shape index (κ3) is 3.87. The molecule has 140 valence electrons. The van der Waals surface area contributed by atoms with Crippen LogP contribution in [0.2, 0.25) is 0 Å². The fraction of sp³-hybridized carbons (Fsp3) is 0.273. The van der Waals surface area contributed by atoms with E-state index in [1.165, 1.54) is 4.90 Å². The van der Waals surface area contributed by atoms with E-state index in [2.05, 4.69) is 4.98 Å². The number of Topliss-reactive ketones (excluding diaryl/α,β-unsaturated/α-hetero) is 1. The molecule has 0 aliphatic carbocycles. The lowest BCUT2D eigenvalue weighted by Crippen LogP contribution is -2.33. The Bertz CT molecular complexity index is 960. The van der Waals surface area contributed by atoms with Crippen molar-refractivity contribution in [3.05, 3.63) is 65.4 Å². The van der Waals surface area contributed by atoms with Gasteiger partial charge in [0.25, 0.3) is 11.7 Å². The molecule has 1 amide bonds. The van der Waals surface area contributed by atoms with Crippen molar-refractivity contribution in [2.24, 2.45) is 0 Å². The predicted molar refractivity (Wildman–Crippen MR) is 106 cm³/mol. The second-order valence-electron chi connectivity index (χ2n) is 6.66. The summed E-state index contributed by atoms with van der Waals surface area (Å²) < 4.78 is 6.00. The van der Waals surface area contributed by atoms with Crippen LogP contribution in [0.4, 0.5) is 0 Å². The van der Waals surface area contributed by atoms with Gasteiger partial charge in [-0.25, -0.2) is 0 Å². The van der Waals surface area contributed by atoms with Crippen molar-refractivity contribution >= 4 is 22.6 Å². The first-order valence-electron chi connectivity index (χ1n) is 9.10. The van der Waals surface area contributed by atoms with Gasteiger partial charge in [0.2, 0.25) is 0 Å². The van der Waals surface area contributed by atoms with E-state index < -0.39 is 11.7 Å². The van der Waals surface area contributed by atoms with Crippen molar-refractivity contribution in [3.8, 4) is 5.75 Å². The van der Waals surface area contributed by atoms with Crippen molar-refractivity contribution < 1.29 is 14.3 Å². The molecule has 1 aromatic heterocycles. The number of benzene rings is 2. The zero-order valence-corrected chi connectivity index (χ0v) is 15.9. The Labute approximate surface area is 158 Å². The molecule has 0 spiro atoms. The molecule has 0 saturated carbocycles. The molecule has 1 heterocycles. The van der Waals surface area contributed by atoms with Crippen LogP contribution in [-0.4, -0.2) is 35.2 Å². The highest BCUT2D eigenvalue weighted by atomic mass is 16.5. The fourth-order valence-corrected chi connectivity index (χ4v) is 3.12. The average molecular weight is 364 g/mol. The molecule has 0 fully saturated rings. The topological polar surface area (TPSA) is 62.4 Å². The van der Waals surface area contributed by atoms with Gasteiger partial charge in [0, 0.05) is 19.8 Å². The minimum atomic E-state index is -0.521. The van der Waals surface area contributed by atoms with Crippen molar-refractivity contribution in [2.75, 3.05) is 13.6 Å². The van der Waals surface area contributed by atoms with Crippen LogP contribution >= 0.6 is 0 Å². The summed E-state index contributed by atoms with van der Waals surface area (Å²) in [7, 11) is 1.65. The molecular formula is C22H24N2O3. The molecule has 0 bridgehead atoms. The molecule has 0 aliphatic rings. The molecular weight excluding hydrogens is 340 g/mol. The molecule has 1 N–H and O–H groups in total. The van der Waals surface area contributed by atoms with Gasteiger partial charge in [-0.3, -0.25) is 9.59 Å². The Morgan fingerprint density at radius 3 is 2.56 bits per heavy atom. The highest BCUT2D eigenvalue weighted by Gasteiger charge is 2.25. The van der Waals surface area contributed by atoms with Gasteiger partial charge in [0.15, 0.2) is 0 Å². The fourth-order valence-electron chi connectivity index (χ4n) is 3.12. The molecule has 5 nitrogen and oxygen atoms in total. The van der Waals surface area contributed by atoms with Crippen molar-refractivity contribution in [1.82, 2.24) is 9.88 Å². The van der Waals surface area contributed by atoms with E-state index in [0.29, 0.717) is 29.9 Å². The van der Waals surface area contributed by atoms with E-state index in [1.54, 1.807) is 13.2 Å². The lowest BCUT2D eigenvalue weighted by molar-refractivity contribution is -0.125. The summed E-state index contributed by atoms with van der Waals surface area (Å²) in [4.78, 5) is 29.9. The molecule has 0 radical (unpaired) electrons. The number of rotatable bonds is 7. The Kier molecular flexibility index (Phi) is 5.60. The van der Waals surface area contributed by atoms with Gasteiger partial charge in [-0.15, -0.1) is 0 Å². The number of aromatic nitrogens is 1. The molecule has 0 saturated heterocycles. The number of fused-ring (bicyclic) bond motifs is 1. The largest absolute Gasteiger partial charge is 0.488 e. The SMILES string of the molecule is CCCN(C)C(=O)C(=O)c1c[nH]c2c(C)ccc(OCc3ccccc3)c12. The van der Waals surface area contributed by atoms with E-state index in [9.17, 15) is 9.59 Å². The number of hydrogen-bond donors (Lipinski definition) is 1. The lowest BCUT2D eigenvalue weighted by atomic mass is 10.0. The van der Waals surface area contributed by atoms with Crippen molar-refractivity contribution in [3.63, 3.8) is 0 Å². The molecule has 0 unspecified atom stereocenters. The van der Waals surface area contributed by atoms with Crippen LogP contribution in [0, 0.1) is 6.92 Å². The second-order valence-corrected chi connectivity index (χ2v) is 6.66. The Hall–Kier alpha value is -3.08. The van der Waals surface area contributed by atoms with Crippen LogP contribution in [0.5, 0.6) is 5.75 Å². The first-order chi connectivity index (χ1) is 13.0. The van der Waals surface area contributed by atoms with Gasteiger partial charge in [-0.05, 0) is 30.5 Å². The molecule has 3 rings (SSSR count). The molecule has 27 heavy (non-hydrogen) atoms. The van der Waals surface area contributed by atoms with Crippen LogP contribution in [-0.2, 0) is 11.4 Å². The smallest absolute Gasteiger partial charge is 0.294 e. The van der Waals surface area contributed by atoms with Crippen molar-refractivity contribution in [2.45, 2.75) is 26.9 Å². The normalized spacial score (nSPS) is 10.8. The van der Waals surface area contributed by atoms with Crippen molar-refractivity contribution in [1.29, 1.82) is 0 Å². The van der Waals surface area contributed by atoms with E-state index in [1.807, 2.05) is 56.3 Å². The summed E-state index contributed by atoms with van der Waals surface area (Å²) in [5.41, 5.74) is 3.19. The summed E-state index contributed by atoms with van der Waals surface area (Å²) in [6, 6.07) is 13.6. The maximum Gasteiger partial charge on any atom is 0.294 e. The van der Waals surface area contributed by atoms with E-state index in [4.69, 9.17) is 4.74 Å². The van der Waals surface area contributed by atoms with E-state index in [0.717, 1.165) is 23.1 Å². The number of amides is 1. The Balaban J connectivity index is 1.96. The standard InChI is InChI=1S/C22H24N2O3/c1-4-12-24(3)22(26)21(25)17-13-23-20-15(2)10-11-18(19(17)20)27-14-16-8-6-5-7-9-16/h5-11,13,23H,4,12,14H2,1-3H3. The molecule has 5 heteroatoms. The van der Waals surface area contributed by atoms with Crippen LogP contribution in [0.3, 0.4) is 0 Å². The van der Waals surface area contributed by atoms with Gasteiger partial charge in [-0.1, -0.05) is 43.3 Å². The van der Waals surface area contributed by atoms with Crippen LogP contribution < -0.4 is 4.74 Å². The number of carbonyl (C=O) groups excluding carboxylic acids is 2. The predicted octanol–water partition coefficient (Wildman–Crippen LogP) is 4.11. The van der Waals surface area contributed by atoms with Crippen LogP contribution in [0.1, 0.15) is 34.8 Å². The number of nitrogens with one attached hydrogen (secondary N) is 1. The second kappa shape index (κ2) is 8.08. The first-order valence-corrected chi connectivity index (χ1v) is 9.10. The number of likely N-dealkylation sites (N-methyl/N-ethyl adjacent to an activating group) is 1. The van der Waals surface area contributed by atoms with Gasteiger partial charge in [0.1, 0.15) is 12.4 Å². The average Bonchev–Trinajstić information content (AvgIpc) is 3.13. The highest BCUT2D eigenvalue weighted by molar-refractivity contribution is 6.45. The third-order valence-electron chi connectivity index (χ3n) is 4.59. The number of carbonyl (C=O) groups is 2. The first kappa shape index (κ1) is 18.7. The third-order valence-corrected chi connectivity index (χ3v) is 4.59. The summed E-state index contributed by atoms with van der Waals surface area (Å²) in [5, 5.41) is 0.661. The van der Waals surface area contributed by atoms with Crippen LogP contribution in [0.25, 0.3) is 10.9 Å². The summed E-state index contributed by atoms with van der Waals surface area (Å²) in [6.07, 6.45) is 2.40. The maximum atomic E-state index is 12.8. The minimum absolute atomic E-state index is 0.352. The molecule has 3 aromatic rings. The Morgan fingerprint density at radius 1 is 1.11 bits per heavy atom. The number of aryl methyl sites for hydroxylation is 1. The number of ketones is 1. The number of aromatic amines is 1. The van der Waals surface area contributed by atoms with Gasteiger partial charge in [-0.2, -0.15) is 0 Å². The number of nitrogens with zero attached hydrogens (tertiary/aromatic N) is 1. The number of hydrogen-bond acceptors (Lipinski definition) is 3.